The number of imidazole rings is 1. The summed E-state index contributed by atoms with van der Waals surface area (Å²) in [5, 5.41) is 20.1. The Morgan fingerprint density at radius 3 is 2.87 bits per heavy atom. The van der Waals surface area contributed by atoms with E-state index in [-0.39, 0.29) is 17.8 Å². The second-order valence-electron chi connectivity index (χ2n) is 5.20. The van der Waals surface area contributed by atoms with Crippen molar-refractivity contribution >= 4 is 18.8 Å². The number of ether oxygens (including phenoxy) is 1. The molecule has 3 rings (SSSR count). The Balaban J connectivity index is 1.87. The number of aromatic amines is 1. The van der Waals surface area contributed by atoms with E-state index in [1.54, 1.807) is 0 Å². The number of H-pyrrole nitrogens is 1. The van der Waals surface area contributed by atoms with Crippen LogP contribution in [0.25, 0.3) is 11.2 Å². The third-order valence-electron chi connectivity index (χ3n) is 3.45. The molecule has 11 nitrogen and oxygen atoms in total. The summed E-state index contributed by atoms with van der Waals surface area (Å²) >= 11 is 0. The van der Waals surface area contributed by atoms with E-state index in [0.717, 1.165) is 6.66 Å². The number of hydrogen-bond acceptors (Lipinski definition) is 8. The highest BCUT2D eigenvalue weighted by Gasteiger charge is 2.45. The summed E-state index contributed by atoms with van der Waals surface area (Å²) in [5.74, 6) is 0. The average molecular weight is 346 g/mol. The monoisotopic (exact) mass is 346 g/mol. The molecule has 0 aromatic carbocycles. The molecule has 2 aromatic rings. The maximum atomic E-state index is 11.6. The van der Waals surface area contributed by atoms with Gasteiger partial charge in [-0.15, -0.1) is 0 Å². The van der Waals surface area contributed by atoms with Gasteiger partial charge in [-0.3, -0.25) is 13.9 Å². The molecule has 0 bridgehead atoms. The molecule has 0 amide bonds. The zero-order chi connectivity index (χ0) is 16.8. The normalized spacial score (nSPS) is 30.6. The molecule has 4 N–H and O–H groups in total. The Morgan fingerprint density at radius 2 is 2.17 bits per heavy atom. The van der Waals surface area contributed by atoms with Crippen LogP contribution >= 0.6 is 7.60 Å². The first-order chi connectivity index (χ1) is 10.8. The van der Waals surface area contributed by atoms with Crippen LogP contribution in [-0.4, -0.2) is 66.2 Å². The largest absolute Gasteiger partial charge is 0.387 e. The van der Waals surface area contributed by atoms with Crippen molar-refractivity contribution in [3.05, 3.63) is 23.0 Å². The minimum Gasteiger partial charge on any atom is -0.387 e. The van der Waals surface area contributed by atoms with Gasteiger partial charge in [0.1, 0.15) is 18.3 Å². The molecule has 0 radical (unpaired) electrons. The summed E-state index contributed by atoms with van der Waals surface area (Å²) in [6.45, 7) is 0.626. The molecule has 12 heteroatoms. The number of rotatable bonds is 4. The van der Waals surface area contributed by atoms with Crippen molar-refractivity contribution in [2.45, 2.75) is 24.5 Å². The predicted molar refractivity (Wildman–Crippen MR) is 75.8 cm³/mol. The van der Waals surface area contributed by atoms with Gasteiger partial charge >= 0.3 is 7.60 Å². The van der Waals surface area contributed by atoms with Crippen LogP contribution in [0.5, 0.6) is 0 Å². The second kappa shape index (κ2) is 5.78. The smallest absolute Gasteiger partial charge is 0.325 e. The van der Waals surface area contributed by atoms with Gasteiger partial charge in [0.25, 0.3) is 5.56 Å². The van der Waals surface area contributed by atoms with Crippen molar-refractivity contribution in [2.75, 3.05) is 13.3 Å². The molecule has 1 saturated heterocycles. The van der Waals surface area contributed by atoms with Crippen LogP contribution in [0.4, 0.5) is 0 Å². The van der Waals surface area contributed by atoms with E-state index in [1.165, 1.54) is 17.2 Å². The highest BCUT2D eigenvalue weighted by molar-refractivity contribution is 7.51. The zero-order valence-electron chi connectivity index (χ0n) is 11.9. The average Bonchev–Trinajstić information content (AvgIpc) is 3.01. The van der Waals surface area contributed by atoms with Crippen LogP contribution in [0.15, 0.2) is 17.4 Å². The molecule has 126 valence electrons. The Labute approximate surface area is 129 Å². The van der Waals surface area contributed by atoms with Crippen LogP contribution in [0.1, 0.15) is 6.23 Å². The zero-order valence-corrected chi connectivity index (χ0v) is 12.8. The highest BCUT2D eigenvalue weighted by Crippen LogP contribution is 2.39. The van der Waals surface area contributed by atoms with Gasteiger partial charge in [-0.2, -0.15) is 0 Å². The van der Waals surface area contributed by atoms with Gasteiger partial charge in [0.2, 0.25) is 0 Å². The molecule has 2 aromatic heterocycles. The Bertz CT molecular complexity index is 814. The molecule has 1 fully saturated rings. The molecule has 0 saturated carbocycles. The van der Waals surface area contributed by atoms with E-state index in [4.69, 9.17) is 14.2 Å². The molecular formula is C11H15N4O7P. The first-order valence-electron chi connectivity index (χ1n) is 6.64. The maximum Gasteiger partial charge on any atom is 0.325 e. The third-order valence-corrected chi connectivity index (χ3v) is 4.08. The summed E-state index contributed by atoms with van der Waals surface area (Å²) in [4.78, 5) is 31.0. The van der Waals surface area contributed by atoms with Crippen molar-refractivity contribution < 1.29 is 28.9 Å². The summed E-state index contributed by atoms with van der Waals surface area (Å²) < 4.78 is 22.7. The number of aromatic nitrogens is 4. The van der Waals surface area contributed by atoms with Crippen LogP contribution in [0.2, 0.25) is 0 Å². The number of nitrogens with zero attached hydrogens (tertiary/aromatic N) is 3. The van der Waals surface area contributed by atoms with Crippen molar-refractivity contribution in [3.63, 3.8) is 0 Å². The maximum absolute atomic E-state index is 11.6. The fraction of sp³-hybridized carbons (Fsp3) is 0.545. The van der Waals surface area contributed by atoms with E-state index >= 15 is 0 Å². The fourth-order valence-corrected chi connectivity index (χ4v) is 2.78. The van der Waals surface area contributed by atoms with Crippen molar-refractivity contribution in [2.24, 2.45) is 0 Å². The first-order valence-corrected chi connectivity index (χ1v) is 8.67. The van der Waals surface area contributed by atoms with E-state index < -0.39 is 37.7 Å². The Hall–Kier alpha value is -1.62. The van der Waals surface area contributed by atoms with Gasteiger partial charge in [0.05, 0.1) is 19.3 Å². The minimum absolute atomic E-state index is 0.0610. The van der Waals surface area contributed by atoms with E-state index in [0.29, 0.717) is 0 Å². The van der Waals surface area contributed by atoms with E-state index in [9.17, 15) is 19.6 Å². The van der Waals surface area contributed by atoms with Crippen molar-refractivity contribution in [1.29, 1.82) is 0 Å². The van der Waals surface area contributed by atoms with Crippen LogP contribution in [-0.2, 0) is 13.8 Å². The summed E-state index contributed by atoms with van der Waals surface area (Å²) in [5.41, 5.74) is -0.213. The van der Waals surface area contributed by atoms with Crippen LogP contribution in [0, 0.1) is 0 Å². The lowest BCUT2D eigenvalue weighted by Crippen LogP contribution is -2.33. The lowest BCUT2D eigenvalue weighted by molar-refractivity contribution is -0.0483. The van der Waals surface area contributed by atoms with Gasteiger partial charge in [-0.1, -0.05) is 0 Å². The van der Waals surface area contributed by atoms with E-state index in [2.05, 4.69) is 15.0 Å². The van der Waals surface area contributed by atoms with Crippen LogP contribution in [0.3, 0.4) is 0 Å². The number of nitrogens with one attached hydrogen (secondary N) is 1. The Morgan fingerprint density at radius 1 is 1.43 bits per heavy atom. The molecule has 1 aliphatic heterocycles. The lowest BCUT2D eigenvalue weighted by Gasteiger charge is -2.16. The lowest BCUT2D eigenvalue weighted by atomic mass is 10.1. The summed E-state index contributed by atoms with van der Waals surface area (Å²) in [7, 11) is -3.74. The third kappa shape index (κ3) is 3.07. The van der Waals surface area contributed by atoms with Crippen molar-refractivity contribution in [1.82, 2.24) is 19.5 Å². The first kappa shape index (κ1) is 16.2. The molecular weight excluding hydrogens is 331 g/mol. The van der Waals surface area contributed by atoms with Crippen molar-refractivity contribution in [3.8, 4) is 0 Å². The summed E-state index contributed by atoms with van der Waals surface area (Å²) in [6, 6.07) is 0. The van der Waals surface area contributed by atoms with Gasteiger partial charge in [0.15, 0.2) is 17.4 Å². The number of aliphatic hydroxyl groups is 2. The molecule has 23 heavy (non-hydrogen) atoms. The SMILES string of the molecule is CP(=O)(O)OC[C@H]1O[C@@H](n2cnc3c(=O)[nH]cnc32)[C@H](O)[C@@H]1O. The Kier molecular flexibility index (Phi) is 4.08. The molecule has 1 unspecified atom stereocenters. The predicted octanol–water partition coefficient (Wildman–Crippen LogP) is -1.43. The van der Waals surface area contributed by atoms with Gasteiger partial charge in [-0.05, 0) is 0 Å². The highest BCUT2D eigenvalue weighted by atomic mass is 31.2. The number of aliphatic hydroxyl groups excluding tert-OH is 2. The molecule has 0 aliphatic carbocycles. The molecule has 1 aliphatic rings. The second-order valence-corrected chi connectivity index (χ2v) is 7.06. The quantitative estimate of drug-likeness (QED) is 0.487. The minimum atomic E-state index is -3.74. The molecule has 0 spiro atoms. The topological polar surface area (TPSA) is 160 Å². The molecule has 3 heterocycles. The standard InChI is InChI=1S/C11H15N4O7P/c1-23(19,20)21-2-5-7(16)8(17)11(22-5)15-4-14-6-9(15)12-3-13-10(6)18/h3-5,7-8,11,16-17H,2H2,1H3,(H,19,20)(H,12,13,18)/t5-,7-,8-,11-/m1/s1. The van der Waals surface area contributed by atoms with Gasteiger partial charge in [0, 0.05) is 6.66 Å². The van der Waals surface area contributed by atoms with Gasteiger partial charge < -0.3 is 29.4 Å². The number of hydrogen-bond donors (Lipinski definition) is 4. The van der Waals surface area contributed by atoms with Gasteiger partial charge in [-0.25, -0.2) is 9.97 Å². The van der Waals surface area contributed by atoms with Crippen LogP contribution < -0.4 is 5.56 Å². The molecule has 5 atom stereocenters. The summed E-state index contributed by atoms with van der Waals surface area (Å²) in [6.07, 6.45) is -2.33. The fourth-order valence-electron chi connectivity index (χ4n) is 2.36. The van der Waals surface area contributed by atoms with E-state index in [1.807, 2.05) is 0 Å². The number of fused-ring (bicyclic) bond motifs is 1.